The van der Waals surface area contributed by atoms with Crippen LogP contribution in [0.3, 0.4) is 0 Å². The van der Waals surface area contributed by atoms with E-state index < -0.39 is 0 Å². The third-order valence-electron chi connectivity index (χ3n) is 4.09. The predicted molar refractivity (Wildman–Crippen MR) is 109 cm³/mol. The first-order valence-corrected chi connectivity index (χ1v) is 9.06. The van der Waals surface area contributed by atoms with Gasteiger partial charge in [-0.3, -0.25) is 0 Å². The Morgan fingerprint density at radius 1 is 1.00 bits per heavy atom. The first kappa shape index (κ1) is 19.9. The van der Waals surface area contributed by atoms with Crippen LogP contribution < -0.4 is 14.8 Å². The van der Waals surface area contributed by atoms with Crippen LogP contribution in [0.1, 0.15) is 6.42 Å². The highest BCUT2D eigenvalue weighted by atomic mass is 16.5. The van der Waals surface area contributed by atoms with Crippen molar-refractivity contribution in [3.63, 3.8) is 0 Å². The Hall–Kier alpha value is -2.90. The van der Waals surface area contributed by atoms with Crippen LogP contribution in [-0.2, 0) is 9.47 Å². The van der Waals surface area contributed by atoms with Gasteiger partial charge in [-0.1, -0.05) is 12.7 Å². The molecule has 3 rings (SSSR count). The fourth-order valence-corrected chi connectivity index (χ4v) is 2.74. The van der Waals surface area contributed by atoms with Gasteiger partial charge in [0.1, 0.15) is 25.4 Å². The second kappa shape index (κ2) is 9.87. The Kier molecular flexibility index (Phi) is 7.00. The molecule has 1 aliphatic carbocycles. The van der Waals surface area contributed by atoms with Crippen LogP contribution in [-0.4, -0.2) is 50.6 Å². The van der Waals surface area contributed by atoms with Crippen molar-refractivity contribution in [2.24, 2.45) is 0 Å². The normalized spacial score (nSPS) is 13.5. The number of aromatic nitrogens is 2. The molecule has 0 spiro atoms. The molecule has 0 saturated carbocycles. The summed E-state index contributed by atoms with van der Waals surface area (Å²) in [6.07, 6.45) is 8.47. The van der Waals surface area contributed by atoms with Gasteiger partial charge in [0.05, 0.1) is 18.7 Å². The lowest BCUT2D eigenvalue weighted by Crippen LogP contribution is -2.09. The van der Waals surface area contributed by atoms with E-state index in [9.17, 15) is 0 Å². The number of methoxy groups -OCH3 is 2. The Labute approximate surface area is 164 Å². The third kappa shape index (κ3) is 5.09. The van der Waals surface area contributed by atoms with Gasteiger partial charge in [-0.2, -0.15) is 0 Å². The summed E-state index contributed by atoms with van der Waals surface area (Å²) in [6.45, 7) is 5.80. The van der Waals surface area contributed by atoms with Crippen molar-refractivity contribution in [1.29, 1.82) is 0 Å². The molecule has 28 heavy (non-hydrogen) atoms. The number of benzene rings is 1. The summed E-state index contributed by atoms with van der Waals surface area (Å²) in [5.41, 5.74) is 2.72. The Morgan fingerprint density at radius 3 is 2.39 bits per heavy atom. The molecule has 7 nitrogen and oxygen atoms in total. The van der Waals surface area contributed by atoms with Crippen molar-refractivity contribution < 1.29 is 18.9 Å². The number of nitrogens with zero attached hydrogens (tertiary/aromatic N) is 2. The lowest BCUT2D eigenvalue weighted by atomic mass is 10.1. The first-order chi connectivity index (χ1) is 13.7. The Bertz CT molecular complexity index is 893. The van der Waals surface area contributed by atoms with Crippen LogP contribution in [0.2, 0.25) is 0 Å². The summed E-state index contributed by atoms with van der Waals surface area (Å²) < 4.78 is 21.8. The molecule has 1 heterocycles. The first-order valence-electron chi connectivity index (χ1n) is 9.06. The van der Waals surface area contributed by atoms with Crippen LogP contribution in [0, 0.1) is 0 Å². The van der Waals surface area contributed by atoms with Crippen LogP contribution in [0.15, 0.2) is 54.5 Å². The molecule has 2 aromatic rings. The van der Waals surface area contributed by atoms with Gasteiger partial charge in [-0.05, 0) is 30.2 Å². The lowest BCUT2D eigenvalue weighted by Gasteiger charge is -2.16. The van der Waals surface area contributed by atoms with Crippen molar-refractivity contribution in [2.45, 2.75) is 6.42 Å². The van der Waals surface area contributed by atoms with E-state index in [1.54, 1.807) is 14.2 Å². The molecular formula is C21H25N3O4. The molecule has 0 unspecified atom stereocenters. The zero-order valence-corrected chi connectivity index (χ0v) is 16.2. The third-order valence-corrected chi connectivity index (χ3v) is 4.09. The van der Waals surface area contributed by atoms with Crippen LogP contribution in [0.4, 0.5) is 5.82 Å². The molecule has 1 aromatic carbocycles. The van der Waals surface area contributed by atoms with E-state index in [0.717, 1.165) is 28.6 Å². The molecule has 1 aromatic heterocycles. The smallest absolute Gasteiger partial charge is 0.163 e. The average molecular weight is 383 g/mol. The highest BCUT2D eigenvalue weighted by Crippen LogP contribution is 2.34. The molecule has 0 saturated heterocycles. The molecule has 0 aliphatic heterocycles. The van der Waals surface area contributed by atoms with Crippen molar-refractivity contribution in [1.82, 2.24) is 9.97 Å². The van der Waals surface area contributed by atoms with E-state index in [-0.39, 0.29) is 0 Å². The Morgan fingerprint density at radius 2 is 1.71 bits per heavy atom. The summed E-state index contributed by atoms with van der Waals surface area (Å²) in [7, 11) is 3.27. The Balaban J connectivity index is 1.93. The molecule has 1 aliphatic rings. The van der Waals surface area contributed by atoms with Gasteiger partial charge in [-0.15, -0.1) is 0 Å². The largest absolute Gasteiger partial charge is 0.487 e. The maximum Gasteiger partial charge on any atom is 0.163 e. The molecule has 0 atom stereocenters. The fourth-order valence-electron chi connectivity index (χ4n) is 2.74. The number of hydrogen-bond donors (Lipinski definition) is 1. The SMILES string of the molecule is C=C1C=C(Nc2ncnc3cc(OCCOC)c(OCCOC)cc23)C=CC1. The number of rotatable bonds is 10. The number of ether oxygens (including phenoxy) is 4. The number of fused-ring (bicyclic) bond motifs is 1. The minimum Gasteiger partial charge on any atom is -0.487 e. The van der Waals surface area contributed by atoms with E-state index in [4.69, 9.17) is 18.9 Å². The van der Waals surface area contributed by atoms with Crippen LogP contribution in [0.5, 0.6) is 11.5 Å². The topological polar surface area (TPSA) is 74.7 Å². The second-order valence-electron chi connectivity index (χ2n) is 6.21. The maximum atomic E-state index is 5.86. The minimum atomic E-state index is 0.410. The quantitative estimate of drug-likeness (QED) is 0.630. The van der Waals surface area contributed by atoms with Gasteiger partial charge < -0.3 is 24.3 Å². The van der Waals surface area contributed by atoms with Crippen molar-refractivity contribution >= 4 is 16.7 Å². The van der Waals surface area contributed by atoms with Gasteiger partial charge in [0.15, 0.2) is 11.5 Å². The molecular weight excluding hydrogens is 358 g/mol. The average Bonchev–Trinajstić information content (AvgIpc) is 2.69. The predicted octanol–water partition coefficient (Wildman–Crippen LogP) is 3.49. The highest BCUT2D eigenvalue weighted by molar-refractivity contribution is 5.92. The van der Waals surface area contributed by atoms with E-state index in [1.807, 2.05) is 24.3 Å². The zero-order valence-electron chi connectivity index (χ0n) is 16.2. The maximum absolute atomic E-state index is 5.86. The van der Waals surface area contributed by atoms with Crippen molar-refractivity contribution in [3.8, 4) is 11.5 Å². The lowest BCUT2D eigenvalue weighted by molar-refractivity contribution is 0.132. The van der Waals surface area contributed by atoms with Gasteiger partial charge in [-0.25, -0.2) is 9.97 Å². The molecule has 0 fully saturated rings. The molecule has 0 bridgehead atoms. The standard InChI is InChI=1S/C21H25N3O4/c1-15-5-4-6-16(11-15)24-21-17-12-19(27-9-7-25-2)20(28-10-8-26-3)13-18(17)22-14-23-21/h4,6,11-14H,1,5,7-10H2,2-3H3,(H,22,23,24). The van der Waals surface area contributed by atoms with Crippen molar-refractivity contribution in [2.75, 3.05) is 46.0 Å². The summed E-state index contributed by atoms with van der Waals surface area (Å²) in [5.74, 6) is 1.90. The number of hydrogen-bond acceptors (Lipinski definition) is 7. The molecule has 148 valence electrons. The molecule has 0 amide bonds. The second-order valence-corrected chi connectivity index (χ2v) is 6.21. The number of anilines is 1. The van der Waals surface area contributed by atoms with E-state index in [1.165, 1.54) is 6.33 Å². The summed E-state index contributed by atoms with van der Waals surface area (Å²) in [4.78, 5) is 8.78. The fraction of sp³-hybridized carbons (Fsp3) is 0.333. The van der Waals surface area contributed by atoms with E-state index in [0.29, 0.717) is 43.7 Å². The summed E-state index contributed by atoms with van der Waals surface area (Å²) in [5, 5.41) is 4.17. The highest BCUT2D eigenvalue weighted by Gasteiger charge is 2.13. The van der Waals surface area contributed by atoms with Crippen LogP contribution >= 0.6 is 0 Å². The number of nitrogens with one attached hydrogen (secondary N) is 1. The molecule has 1 N–H and O–H groups in total. The van der Waals surface area contributed by atoms with Gasteiger partial charge in [0.2, 0.25) is 0 Å². The monoisotopic (exact) mass is 383 g/mol. The van der Waals surface area contributed by atoms with E-state index in [2.05, 4.69) is 27.9 Å². The number of allylic oxidation sites excluding steroid dienone is 4. The van der Waals surface area contributed by atoms with Crippen molar-refractivity contribution in [3.05, 3.63) is 54.5 Å². The van der Waals surface area contributed by atoms with E-state index >= 15 is 0 Å². The van der Waals surface area contributed by atoms with Gasteiger partial charge in [0.25, 0.3) is 0 Å². The molecule has 0 radical (unpaired) electrons. The zero-order chi connectivity index (χ0) is 19.8. The minimum absolute atomic E-state index is 0.410. The van der Waals surface area contributed by atoms with Crippen LogP contribution in [0.25, 0.3) is 10.9 Å². The summed E-state index contributed by atoms with van der Waals surface area (Å²) >= 11 is 0. The summed E-state index contributed by atoms with van der Waals surface area (Å²) in [6, 6.07) is 3.74. The van der Waals surface area contributed by atoms with Gasteiger partial charge >= 0.3 is 0 Å². The molecule has 7 heteroatoms. The van der Waals surface area contributed by atoms with Gasteiger partial charge in [0, 0.05) is 31.4 Å².